The van der Waals surface area contributed by atoms with Crippen molar-refractivity contribution in [1.29, 1.82) is 0 Å². The van der Waals surface area contributed by atoms with Crippen molar-refractivity contribution in [2.45, 2.75) is 62.4 Å². The number of thiophene rings is 1. The summed E-state index contributed by atoms with van der Waals surface area (Å²) >= 11 is 0.590. The van der Waals surface area contributed by atoms with E-state index in [1.54, 1.807) is 60.7 Å². The minimum absolute atomic E-state index is 0.0889. The van der Waals surface area contributed by atoms with Gasteiger partial charge >= 0.3 is 12.3 Å². The maximum Gasteiger partial charge on any atom is 0.413 e. The zero-order valence-electron chi connectivity index (χ0n) is 29.8. The maximum atomic E-state index is 14.9. The Kier molecular flexibility index (Phi) is 12.4. The summed E-state index contributed by atoms with van der Waals surface area (Å²) in [5, 5.41) is 18.7. The van der Waals surface area contributed by atoms with Gasteiger partial charge in [-0.15, -0.1) is 11.3 Å². The molecule has 2 aromatic carbocycles. The summed E-state index contributed by atoms with van der Waals surface area (Å²) in [5.41, 5.74) is 1.01. The van der Waals surface area contributed by atoms with Crippen LogP contribution in [0.1, 0.15) is 66.1 Å². The molecule has 5 rings (SSSR count). The number of aromatic nitrogens is 4. The first kappa shape index (κ1) is 40.3. The van der Waals surface area contributed by atoms with Crippen LogP contribution in [0, 0.1) is 5.41 Å². The van der Waals surface area contributed by atoms with Crippen LogP contribution < -0.4 is 10.6 Å². The summed E-state index contributed by atoms with van der Waals surface area (Å²) in [5.74, 6) is -2.08. The topological polar surface area (TPSA) is 168 Å². The molecule has 5 aromatic rings. The number of hydrogen-bond acceptors (Lipinski definition) is 10. The van der Waals surface area contributed by atoms with Crippen molar-refractivity contribution >= 4 is 39.0 Å². The third-order valence-electron chi connectivity index (χ3n) is 8.58. The van der Waals surface area contributed by atoms with Gasteiger partial charge < -0.3 is 20.5 Å². The number of nitrogens with one attached hydrogen (secondary N) is 2. The van der Waals surface area contributed by atoms with E-state index < -0.39 is 63.9 Å². The number of carbonyl (C=O) groups is 2. The van der Waals surface area contributed by atoms with Gasteiger partial charge in [-0.1, -0.05) is 81.4 Å². The van der Waals surface area contributed by atoms with E-state index >= 15 is 0 Å². The fourth-order valence-electron chi connectivity index (χ4n) is 5.81. The van der Waals surface area contributed by atoms with E-state index in [-0.39, 0.29) is 21.7 Å². The zero-order valence-corrected chi connectivity index (χ0v) is 31.4. The molecule has 0 radical (unpaired) electrons. The van der Waals surface area contributed by atoms with Gasteiger partial charge in [0, 0.05) is 22.2 Å². The van der Waals surface area contributed by atoms with Crippen molar-refractivity contribution in [1.82, 2.24) is 34.5 Å². The van der Waals surface area contributed by atoms with Crippen molar-refractivity contribution in [3.63, 3.8) is 0 Å². The van der Waals surface area contributed by atoms with E-state index in [0.29, 0.717) is 34.5 Å². The number of fused-ring (bicyclic) bond motifs is 1. The van der Waals surface area contributed by atoms with Gasteiger partial charge in [-0.2, -0.15) is 22.6 Å². The van der Waals surface area contributed by atoms with Crippen molar-refractivity contribution in [3.05, 3.63) is 112 Å². The van der Waals surface area contributed by atoms with Crippen LogP contribution in [0.3, 0.4) is 0 Å². The first-order valence-electron chi connectivity index (χ1n) is 16.7. The lowest BCUT2D eigenvalue weighted by molar-refractivity contribution is -0.163. The average Bonchev–Trinajstić information content (AvgIpc) is 3.81. The van der Waals surface area contributed by atoms with E-state index in [1.807, 2.05) is 20.8 Å². The number of alkyl halides is 3. The number of carbonyl (C=O) groups excluding carboxylic acids is 2. The molecule has 0 unspecified atom stereocenters. The number of aliphatic hydroxyl groups is 1. The van der Waals surface area contributed by atoms with Crippen molar-refractivity contribution in [2.24, 2.45) is 5.41 Å². The zero-order chi connectivity index (χ0) is 39.3. The molecule has 3 N–H and O–H groups in total. The van der Waals surface area contributed by atoms with E-state index in [0.717, 1.165) is 17.5 Å². The van der Waals surface area contributed by atoms with Gasteiger partial charge in [0.25, 0.3) is 10.0 Å². The molecule has 3 heterocycles. The molecule has 0 bridgehead atoms. The lowest BCUT2D eigenvalue weighted by Crippen LogP contribution is -2.52. The van der Waals surface area contributed by atoms with Gasteiger partial charge in [-0.05, 0) is 35.1 Å². The molecule has 0 spiro atoms. The van der Waals surface area contributed by atoms with Crippen molar-refractivity contribution in [2.75, 3.05) is 20.3 Å². The smallest absolute Gasteiger partial charge is 0.413 e. The Labute approximate surface area is 314 Å². The second-order valence-electron chi connectivity index (χ2n) is 13.5. The van der Waals surface area contributed by atoms with E-state index in [9.17, 15) is 36.3 Å². The molecule has 18 heteroatoms. The number of benzene rings is 2. The van der Waals surface area contributed by atoms with Gasteiger partial charge in [0.05, 0.1) is 32.2 Å². The SMILES string of the molecule is COC(=O)N[C@H](C(=O)N[C@H](c1ccc([C@@H](CO)N(CCC(C)(C)C)S(=O)(=O)c2cn3ncnc3cn2)s1)C(F)(F)F)C(c1ccccc1)c1ccccc1. The molecular formula is C36H40F3N7O6S2. The summed E-state index contributed by atoms with van der Waals surface area (Å²) in [4.78, 5) is 34.3. The van der Waals surface area contributed by atoms with Gasteiger partial charge in [-0.3, -0.25) is 4.79 Å². The number of rotatable bonds is 14. The molecular weight excluding hydrogens is 748 g/mol. The third-order valence-corrected chi connectivity index (χ3v) is 11.6. The van der Waals surface area contributed by atoms with Gasteiger partial charge in [0.15, 0.2) is 16.7 Å². The first-order chi connectivity index (χ1) is 25.5. The second kappa shape index (κ2) is 16.6. The molecule has 0 aliphatic rings. The van der Waals surface area contributed by atoms with E-state index in [1.165, 1.54) is 29.3 Å². The van der Waals surface area contributed by atoms with E-state index in [2.05, 4.69) is 25.7 Å². The van der Waals surface area contributed by atoms with E-state index in [4.69, 9.17) is 4.74 Å². The molecule has 2 amide bonds. The van der Waals surface area contributed by atoms with Gasteiger partial charge in [0.2, 0.25) is 5.91 Å². The second-order valence-corrected chi connectivity index (χ2v) is 16.5. The van der Waals surface area contributed by atoms with Crippen molar-refractivity contribution in [3.8, 4) is 0 Å². The molecule has 13 nitrogen and oxygen atoms in total. The lowest BCUT2D eigenvalue weighted by Gasteiger charge is -2.31. The fourth-order valence-corrected chi connectivity index (χ4v) is 8.57. The van der Waals surface area contributed by atoms with Crippen LogP contribution in [0.15, 0.2) is 96.5 Å². The van der Waals surface area contributed by atoms with Crippen LogP contribution >= 0.6 is 11.3 Å². The summed E-state index contributed by atoms with van der Waals surface area (Å²) in [7, 11) is -3.39. The predicted octanol–water partition coefficient (Wildman–Crippen LogP) is 5.62. The molecule has 3 atom stereocenters. The Hall–Kier alpha value is -4.91. The Balaban J connectivity index is 1.52. The summed E-state index contributed by atoms with van der Waals surface area (Å²) in [6.07, 6.45) is -2.13. The Bertz CT molecular complexity index is 2100. The lowest BCUT2D eigenvalue weighted by atomic mass is 9.84. The average molecular weight is 788 g/mol. The number of aliphatic hydroxyl groups excluding tert-OH is 1. The first-order valence-corrected chi connectivity index (χ1v) is 19.0. The third kappa shape index (κ3) is 9.41. The van der Waals surface area contributed by atoms with Crippen LogP contribution in [0.25, 0.3) is 5.65 Å². The highest BCUT2D eigenvalue weighted by Crippen LogP contribution is 2.40. The molecule has 0 aliphatic heterocycles. The summed E-state index contributed by atoms with van der Waals surface area (Å²) < 4.78 is 80.0. The number of sulfonamides is 1. The van der Waals surface area contributed by atoms with Gasteiger partial charge in [-0.25, -0.2) is 27.7 Å². The van der Waals surface area contributed by atoms with Crippen LogP contribution in [0.4, 0.5) is 18.0 Å². The van der Waals surface area contributed by atoms with Crippen LogP contribution in [-0.4, -0.2) is 81.9 Å². The monoisotopic (exact) mass is 787 g/mol. The predicted molar refractivity (Wildman–Crippen MR) is 194 cm³/mol. The minimum Gasteiger partial charge on any atom is -0.453 e. The number of halogens is 3. The standard InChI is InChI=1S/C36H40F3N7O6S2/c1-35(2,3)17-18-46(54(50,51)29-20-45-28(19-40-29)41-22-42-45)25(21-47)26-15-16-27(53-26)32(36(37,38)39)44-33(48)31(43-34(49)52-4)30(23-11-7-5-8-12-23)24-13-9-6-10-14-24/h5-16,19-20,22,25,30-32,47H,17-18,21H2,1-4H3,(H,43,49)(H,44,48)/t25-,31+,32-/m1/s1. The number of amides is 2. The number of nitrogens with zero attached hydrogens (tertiary/aromatic N) is 5. The fraction of sp³-hybridized carbons (Fsp3) is 0.361. The normalized spacial score (nSPS) is 14.2. The number of methoxy groups -OCH3 is 1. The maximum absolute atomic E-state index is 14.9. The largest absolute Gasteiger partial charge is 0.453 e. The van der Waals surface area contributed by atoms with Gasteiger partial charge in [0.1, 0.15) is 12.4 Å². The number of alkyl carbamates (subject to hydrolysis) is 1. The van der Waals surface area contributed by atoms with Crippen LogP contribution in [0.2, 0.25) is 0 Å². The molecule has 3 aromatic heterocycles. The quantitative estimate of drug-likeness (QED) is 0.129. The summed E-state index contributed by atoms with van der Waals surface area (Å²) in [6.45, 7) is 4.80. The Morgan fingerprint density at radius 1 is 0.944 bits per heavy atom. The molecule has 0 aliphatic carbocycles. The Morgan fingerprint density at radius 2 is 1.56 bits per heavy atom. The molecule has 0 saturated carbocycles. The Morgan fingerprint density at radius 3 is 2.11 bits per heavy atom. The highest BCUT2D eigenvalue weighted by Gasteiger charge is 2.46. The number of hydrogen-bond donors (Lipinski definition) is 3. The van der Waals surface area contributed by atoms with Crippen molar-refractivity contribution < 1.29 is 41.0 Å². The molecule has 0 saturated heterocycles. The number of ether oxygens (including phenoxy) is 1. The molecule has 0 fully saturated rings. The highest BCUT2D eigenvalue weighted by molar-refractivity contribution is 7.89. The molecule has 288 valence electrons. The van der Waals surface area contributed by atoms with Crippen LogP contribution in [0.5, 0.6) is 0 Å². The summed E-state index contributed by atoms with van der Waals surface area (Å²) in [6, 6.07) is 14.0. The highest BCUT2D eigenvalue weighted by atomic mass is 32.2. The molecule has 54 heavy (non-hydrogen) atoms. The minimum atomic E-state index is -5.04. The van der Waals surface area contributed by atoms with Crippen LogP contribution in [-0.2, 0) is 19.6 Å².